The average molecular weight is 479 g/mol. The van der Waals surface area contributed by atoms with Crippen molar-refractivity contribution in [2.75, 3.05) is 65.8 Å². The standard InChI is InChI=1S/C23H34N4O5S/c1-5-26-10-12-27(13-11-26)9-8-24-22(28)16-33(29)15-19-17(2)32-23(25-19)18-6-7-20(30-3)21(14-18)31-4/h6-7,14H,5,8-13,15-16H2,1-4H3,(H,24,28)/t33-/m1/s1. The third-order valence-corrected chi connectivity index (χ3v) is 6.95. The average Bonchev–Trinajstić information content (AvgIpc) is 3.18. The number of ether oxygens (including phenoxy) is 2. The van der Waals surface area contributed by atoms with Gasteiger partial charge in [-0.2, -0.15) is 0 Å². The molecular formula is C23H34N4O5S. The zero-order valence-electron chi connectivity index (χ0n) is 19.9. The molecule has 0 unspecified atom stereocenters. The number of amides is 1. The number of carbonyl (C=O) groups excluding carboxylic acids is 1. The molecule has 0 aliphatic carbocycles. The summed E-state index contributed by atoms with van der Waals surface area (Å²) in [6.45, 7) is 10.6. The molecule has 1 amide bonds. The number of piperazine rings is 1. The summed E-state index contributed by atoms with van der Waals surface area (Å²) >= 11 is 0. The molecule has 3 rings (SSSR count). The van der Waals surface area contributed by atoms with E-state index in [0.29, 0.717) is 35.4 Å². The first-order valence-corrected chi connectivity index (χ1v) is 12.7. The van der Waals surface area contributed by atoms with Crippen LogP contribution in [0.2, 0.25) is 0 Å². The minimum atomic E-state index is -1.38. The second-order valence-corrected chi connectivity index (χ2v) is 9.40. The zero-order valence-corrected chi connectivity index (χ0v) is 20.7. The number of nitrogens with one attached hydrogen (secondary N) is 1. The van der Waals surface area contributed by atoms with Crippen LogP contribution in [0.4, 0.5) is 0 Å². The molecule has 0 radical (unpaired) electrons. The molecule has 0 bridgehead atoms. The molecule has 0 spiro atoms. The van der Waals surface area contributed by atoms with Gasteiger partial charge in [-0.25, -0.2) is 4.98 Å². The fourth-order valence-electron chi connectivity index (χ4n) is 3.74. The predicted octanol–water partition coefficient (Wildman–Crippen LogP) is 1.67. The van der Waals surface area contributed by atoms with Crippen LogP contribution >= 0.6 is 0 Å². The number of hydrogen-bond donors (Lipinski definition) is 1. The Labute approximate surface area is 197 Å². The van der Waals surface area contributed by atoms with Crippen LogP contribution < -0.4 is 14.8 Å². The van der Waals surface area contributed by atoms with Crippen molar-refractivity contribution in [3.05, 3.63) is 29.7 Å². The van der Waals surface area contributed by atoms with Gasteiger partial charge in [0.05, 0.1) is 25.7 Å². The number of nitrogens with zero attached hydrogens (tertiary/aromatic N) is 3. The van der Waals surface area contributed by atoms with Crippen molar-refractivity contribution in [3.63, 3.8) is 0 Å². The molecule has 33 heavy (non-hydrogen) atoms. The van der Waals surface area contributed by atoms with E-state index in [0.717, 1.165) is 44.8 Å². The summed E-state index contributed by atoms with van der Waals surface area (Å²) in [6.07, 6.45) is 0. The lowest BCUT2D eigenvalue weighted by atomic mass is 10.2. The van der Waals surface area contributed by atoms with E-state index in [1.54, 1.807) is 33.3 Å². The topological polar surface area (TPSA) is 97.1 Å². The molecule has 0 saturated carbocycles. The van der Waals surface area contributed by atoms with E-state index in [1.165, 1.54) is 0 Å². The minimum absolute atomic E-state index is 0.0540. The Kier molecular flexibility index (Phi) is 9.28. The minimum Gasteiger partial charge on any atom is -0.493 e. The number of aromatic nitrogens is 1. The van der Waals surface area contributed by atoms with Crippen molar-refractivity contribution in [2.24, 2.45) is 0 Å². The van der Waals surface area contributed by atoms with Gasteiger partial charge in [0.25, 0.3) is 0 Å². The van der Waals surface area contributed by atoms with E-state index in [1.807, 2.05) is 6.07 Å². The SMILES string of the molecule is CCN1CCN(CCNC(=O)C[S@](=O)Cc2nc(-c3ccc(OC)c(OC)c3)oc2C)CC1. The smallest absolute Gasteiger partial charge is 0.232 e. The summed E-state index contributed by atoms with van der Waals surface area (Å²) in [7, 11) is 1.76. The van der Waals surface area contributed by atoms with Gasteiger partial charge in [-0.3, -0.25) is 13.9 Å². The number of aryl methyl sites for hydroxylation is 1. The van der Waals surface area contributed by atoms with Crippen LogP contribution in [0.15, 0.2) is 22.6 Å². The van der Waals surface area contributed by atoms with Gasteiger partial charge in [-0.05, 0) is 31.7 Å². The van der Waals surface area contributed by atoms with E-state index in [9.17, 15) is 9.00 Å². The van der Waals surface area contributed by atoms with Crippen molar-refractivity contribution in [3.8, 4) is 23.0 Å². The zero-order chi connectivity index (χ0) is 23.8. The van der Waals surface area contributed by atoms with Crippen LogP contribution in [0.3, 0.4) is 0 Å². The van der Waals surface area contributed by atoms with Gasteiger partial charge in [0.2, 0.25) is 11.8 Å². The Hall–Kier alpha value is -2.43. The molecule has 1 aliphatic rings. The molecule has 9 nitrogen and oxygen atoms in total. The van der Waals surface area contributed by atoms with Crippen LogP contribution in [0.1, 0.15) is 18.4 Å². The molecule has 1 aliphatic heterocycles. The number of oxazole rings is 1. The lowest BCUT2D eigenvalue weighted by Crippen LogP contribution is -2.48. The molecule has 1 aromatic carbocycles. The van der Waals surface area contributed by atoms with Crippen LogP contribution in [-0.2, 0) is 21.3 Å². The van der Waals surface area contributed by atoms with Gasteiger partial charge in [0.1, 0.15) is 11.5 Å². The molecule has 10 heteroatoms. The predicted molar refractivity (Wildman–Crippen MR) is 128 cm³/mol. The summed E-state index contributed by atoms with van der Waals surface area (Å²) in [4.78, 5) is 21.5. The molecule has 182 valence electrons. The molecule has 2 aromatic rings. The Morgan fingerprint density at radius 1 is 1.15 bits per heavy atom. The quantitative estimate of drug-likeness (QED) is 0.521. The fraction of sp³-hybridized carbons (Fsp3) is 0.565. The summed E-state index contributed by atoms with van der Waals surface area (Å²) in [5.41, 5.74) is 1.31. The van der Waals surface area contributed by atoms with Crippen molar-refractivity contribution in [1.82, 2.24) is 20.1 Å². The van der Waals surface area contributed by atoms with E-state index < -0.39 is 10.8 Å². The molecule has 1 saturated heterocycles. The van der Waals surface area contributed by atoms with Gasteiger partial charge in [0.15, 0.2) is 11.5 Å². The molecule has 1 fully saturated rings. The number of rotatable bonds is 11. The van der Waals surface area contributed by atoms with Crippen LogP contribution in [0, 0.1) is 6.92 Å². The van der Waals surface area contributed by atoms with E-state index in [-0.39, 0.29) is 17.4 Å². The van der Waals surface area contributed by atoms with Gasteiger partial charge >= 0.3 is 0 Å². The number of benzene rings is 1. The van der Waals surface area contributed by atoms with E-state index >= 15 is 0 Å². The van der Waals surface area contributed by atoms with Crippen molar-refractivity contribution < 1.29 is 22.9 Å². The number of hydrogen-bond acceptors (Lipinski definition) is 8. The Bertz CT molecular complexity index is 956. The molecule has 1 aromatic heterocycles. The highest BCUT2D eigenvalue weighted by molar-refractivity contribution is 7.84. The van der Waals surface area contributed by atoms with E-state index in [2.05, 4.69) is 27.0 Å². The highest BCUT2D eigenvalue weighted by atomic mass is 32.2. The lowest BCUT2D eigenvalue weighted by Gasteiger charge is -2.33. The summed E-state index contributed by atoms with van der Waals surface area (Å²) < 4.78 is 28.9. The molecule has 1 N–H and O–H groups in total. The molecular weight excluding hydrogens is 444 g/mol. The Morgan fingerprint density at radius 2 is 1.85 bits per heavy atom. The normalized spacial score (nSPS) is 15.9. The maximum Gasteiger partial charge on any atom is 0.232 e. The summed E-state index contributed by atoms with van der Waals surface area (Å²) in [6, 6.07) is 5.38. The second kappa shape index (κ2) is 12.2. The van der Waals surface area contributed by atoms with Crippen LogP contribution in [0.25, 0.3) is 11.5 Å². The van der Waals surface area contributed by atoms with Crippen molar-refractivity contribution in [1.29, 1.82) is 0 Å². The fourth-order valence-corrected chi connectivity index (χ4v) is 4.81. The van der Waals surface area contributed by atoms with Crippen molar-refractivity contribution in [2.45, 2.75) is 19.6 Å². The largest absolute Gasteiger partial charge is 0.493 e. The Balaban J connectivity index is 1.47. The van der Waals surface area contributed by atoms with Gasteiger partial charge in [0, 0.05) is 55.6 Å². The van der Waals surface area contributed by atoms with Crippen LogP contribution in [0.5, 0.6) is 11.5 Å². The lowest BCUT2D eigenvalue weighted by molar-refractivity contribution is -0.118. The maximum atomic E-state index is 12.6. The van der Waals surface area contributed by atoms with E-state index in [4.69, 9.17) is 13.9 Å². The van der Waals surface area contributed by atoms with Gasteiger partial charge in [-0.1, -0.05) is 6.92 Å². The maximum absolute atomic E-state index is 12.6. The second-order valence-electron chi connectivity index (χ2n) is 7.95. The highest BCUT2D eigenvalue weighted by Crippen LogP contribution is 2.32. The third-order valence-electron chi connectivity index (χ3n) is 5.78. The Morgan fingerprint density at radius 3 is 2.52 bits per heavy atom. The molecule has 2 heterocycles. The first-order valence-electron chi connectivity index (χ1n) is 11.2. The third kappa shape index (κ3) is 7.02. The first-order chi connectivity index (χ1) is 15.9. The first kappa shape index (κ1) is 25.2. The summed E-state index contributed by atoms with van der Waals surface area (Å²) in [5.74, 6) is 2.07. The number of likely N-dealkylation sites (N-methyl/N-ethyl adjacent to an activating group) is 1. The monoisotopic (exact) mass is 478 g/mol. The molecule has 1 atom stereocenters. The number of methoxy groups -OCH3 is 2. The number of carbonyl (C=O) groups is 1. The van der Waals surface area contributed by atoms with Crippen LogP contribution in [-0.4, -0.2) is 90.7 Å². The van der Waals surface area contributed by atoms with Gasteiger partial charge in [-0.15, -0.1) is 0 Å². The van der Waals surface area contributed by atoms with Gasteiger partial charge < -0.3 is 24.1 Å². The van der Waals surface area contributed by atoms with Crippen molar-refractivity contribution >= 4 is 16.7 Å². The summed E-state index contributed by atoms with van der Waals surface area (Å²) in [5, 5.41) is 2.88. The highest BCUT2D eigenvalue weighted by Gasteiger charge is 2.18.